The van der Waals surface area contributed by atoms with Crippen LogP contribution >= 0.6 is 15.9 Å². The first-order valence-electron chi connectivity index (χ1n) is 6.60. The van der Waals surface area contributed by atoms with Crippen molar-refractivity contribution >= 4 is 26.7 Å². The molecule has 0 aliphatic rings. The zero-order chi connectivity index (χ0) is 14.8. The summed E-state index contributed by atoms with van der Waals surface area (Å²) < 4.78 is 14.2. The molecule has 3 aromatic rings. The Balaban J connectivity index is 2.21. The normalized spacial score (nSPS) is 12.5. The molecule has 0 aromatic heterocycles. The molecular weight excluding hydrogens is 331 g/mol. The Hall–Kier alpha value is -1.75. The Kier molecular flexibility index (Phi) is 4.01. The lowest BCUT2D eigenvalue weighted by Gasteiger charge is -2.20. The van der Waals surface area contributed by atoms with Crippen molar-refractivity contribution in [2.24, 2.45) is 5.84 Å². The highest BCUT2D eigenvalue weighted by atomic mass is 79.9. The quantitative estimate of drug-likeness (QED) is 0.549. The molecule has 0 heterocycles. The Bertz CT molecular complexity index is 783. The molecule has 3 N–H and O–H groups in total. The van der Waals surface area contributed by atoms with Crippen LogP contribution in [0.25, 0.3) is 10.8 Å². The number of hydrogen-bond acceptors (Lipinski definition) is 2. The van der Waals surface area contributed by atoms with E-state index in [1.807, 2.05) is 48.5 Å². The third kappa shape index (κ3) is 2.58. The van der Waals surface area contributed by atoms with Gasteiger partial charge in [-0.2, -0.15) is 0 Å². The highest BCUT2D eigenvalue weighted by molar-refractivity contribution is 9.10. The predicted molar refractivity (Wildman–Crippen MR) is 87.2 cm³/mol. The lowest BCUT2D eigenvalue weighted by Crippen LogP contribution is -2.29. The number of nitrogens with one attached hydrogen (secondary N) is 1. The highest BCUT2D eigenvalue weighted by Crippen LogP contribution is 2.33. The number of fused-ring (bicyclic) bond motifs is 1. The van der Waals surface area contributed by atoms with E-state index in [1.54, 1.807) is 6.07 Å². The van der Waals surface area contributed by atoms with E-state index in [-0.39, 0.29) is 11.9 Å². The van der Waals surface area contributed by atoms with Gasteiger partial charge in [-0.15, -0.1) is 0 Å². The van der Waals surface area contributed by atoms with Gasteiger partial charge in [-0.05, 0) is 43.9 Å². The molecule has 3 aromatic carbocycles. The van der Waals surface area contributed by atoms with E-state index in [9.17, 15) is 4.39 Å². The fourth-order valence-corrected chi connectivity index (χ4v) is 3.09. The molecule has 0 aliphatic carbocycles. The van der Waals surface area contributed by atoms with Crippen molar-refractivity contribution in [3.63, 3.8) is 0 Å². The maximum Gasteiger partial charge on any atom is 0.137 e. The van der Waals surface area contributed by atoms with Crippen LogP contribution in [0.5, 0.6) is 0 Å². The highest BCUT2D eigenvalue weighted by Gasteiger charge is 2.19. The molecule has 106 valence electrons. The number of halogens is 2. The van der Waals surface area contributed by atoms with Crippen LogP contribution in [0.1, 0.15) is 17.2 Å². The zero-order valence-corrected chi connectivity index (χ0v) is 12.8. The van der Waals surface area contributed by atoms with E-state index in [0.29, 0.717) is 4.47 Å². The summed E-state index contributed by atoms with van der Waals surface area (Å²) in [5.41, 5.74) is 4.59. The molecule has 0 fully saturated rings. The van der Waals surface area contributed by atoms with Gasteiger partial charge in [-0.3, -0.25) is 5.84 Å². The molecule has 0 saturated carbocycles. The van der Waals surface area contributed by atoms with Gasteiger partial charge in [0.25, 0.3) is 0 Å². The molecule has 21 heavy (non-hydrogen) atoms. The first kappa shape index (κ1) is 14.2. The monoisotopic (exact) mass is 344 g/mol. The second-order valence-electron chi connectivity index (χ2n) is 4.81. The van der Waals surface area contributed by atoms with E-state index in [0.717, 1.165) is 21.9 Å². The maximum absolute atomic E-state index is 13.8. The zero-order valence-electron chi connectivity index (χ0n) is 11.2. The van der Waals surface area contributed by atoms with Crippen LogP contribution in [0, 0.1) is 5.82 Å². The summed E-state index contributed by atoms with van der Waals surface area (Å²) in [6.45, 7) is 0. The lowest BCUT2D eigenvalue weighted by molar-refractivity contribution is 0.598. The fraction of sp³-hybridized carbons (Fsp3) is 0.0588. The van der Waals surface area contributed by atoms with Crippen molar-refractivity contribution < 1.29 is 4.39 Å². The maximum atomic E-state index is 13.8. The van der Waals surface area contributed by atoms with Crippen LogP contribution in [0.4, 0.5) is 4.39 Å². The molecular formula is C17H14BrFN2. The second kappa shape index (κ2) is 5.93. The van der Waals surface area contributed by atoms with Crippen LogP contribution in [0.2, 0.25) is 0 Å². The molecule has 0 spiro atoms. The van der Waals surface area contributed by atoms with Gasteiger partial charge in [0.05, 0.1) is 10.5 Å². The summed E-state index contributed by atoms with van der Waals surface area (Å²) in [5, 5.41) is 2.22. The molecule has 0 saturated heterocycles. The van der Waals surface area contributed by atoms with Crippen LogP contribution < -0.4 is 11.3 Å². The molecule has 3 rings (SSSR count). The Morgan fingerprint density at radius 2 is 1.57 bits per heavy atom. The first-order valence-corrected chi connectivity index (χ1v) is 7.39. The summed E-state index contributed by atoms with van der Waals surface area (Å²) in [6, 6.07) is 18.8. The standard InChI is InChI=1S/C17H14BrFN2/c18-16-14(9-4-10-15(16)19)17(21-20)13-8-3-6-11-5-1-2-7-12(11)13/h1-10,17,21H,20H2. The average molecular weight is 345 g/mol. The number of hydrazine groups is 1. The van der Waals surface area contributed by atoms with Gasteiger partial charge in [0.2, 0.25) is 0 Å². The number of hydrogen-bond donors (Lipinski definition) is 2. The van der Waals surface area contributed by atoms with Crippen molar-refractivity contribution in [2.75, 3.05) is 0 Å². The van der Waals surface area contributed by atoms with E-state index in [1.165, 1.54) is 6.07 Å². The van der Waals surface area contributed by atoms with Gasteiger partial charge in [-0.1, -0.05) is 54.6 Å². The summed E-state index contributed by atoms with van der Waals surface area (Å²) in [7, 11) is 0. The van der Waals surface area contributed by atoms with Crippen molar-refractivity contribution in [1.29, 1.82) is 0 Å². The van der Waals surface area contributed by atoms with Gasteiger partial charge in [0.1, 0.15) is 5.82 Å². The van der Waals surface area contributed by atoms with Gasteiger partial charge in [0, 0.05) is 0 Å². The molecule has 1 atom stereocenters. The Labute approximate surface area is 130 Å². The van der Waals surface area contributed by atoms with Crippen LogP contribution in [0.15, 0.2) is 65.1 Å². The van der Waals surface area contributed by atoms with E-state index >= 15 is 0 Å². The SMILES string of the molecule is NNC(c1cccc(F)c1Br)c1cccc2ccccc12. The fourth-order valence-electron chi connectivity index (χ4n) is 2.59. The predicted octanol–water partition coefficient (Wildman–Crippen LogP) is 4.29. The van der Waals surface area contributed by atoms with Crippen molar-refractivity contribution in [1.82, 2.24) is 5.43 Å². The lowest BCUT2D eigenvalue weighted by atomic mass is 9.94. The molecule has 0 amide bonds. The Morgan fingerprint density at radius 1 is 0.905 bits per heavy atom. The van der Waals surface area contributed by atoms with Crippen molar-refractivity contribution in [2.45, 2.75) is 6.04 Å². The van der Waals surface area contributed by atoms with Crippen molar-refractivity contribution in [3.05, 3.63) is 82.1 Å². The third-order valence-corrected chi connectivity index (χ3v) is 4.43. The Morgan fingerprint density at radius 3 is 2.38 bits per heavy atom. The molecule has 1 unspecified atom stereocenters. The summed E-state index contributed by atoms with van der Waals surface area (Å²) in [5.74, 6) is 5.46. The third-order valence-electron chi connectivity index (χ3n) is 3.59. The van der Waals surface area contributed by atoms with E-state index in [4.69, 9.17) is 5.84 Å². The van der Waals surface area contributed by atoms with Crippen LogP contribution in [0.3, 0.4) is 0 Å². The summed E-state index contributed by atoms with van der Waals surface area (Å²) >= 11 is 3.31. The second-order valence-corrected chi connectivity index (χ2v) is 5.60. The van der Waals surface area contributed by atoms with Gasteiger partial charge in [-0.25, -0.2) is 9.82 Å². The van der Waals surface area contributed by atoms with Gasteiger partial charge in [0.15, 0.2) is 0 Å². The summed E-state index contributed by atoms with van der Waals surface area (Å²) in [6.07, 6.45) is 0. The molecule has 0 aliphatic heterocycles. The van der Waals surface area contributed by atoms with Crippen LogP contribution in [-0.2, 0) is 0 Å². The number of nitrogens with two attached hydrogens (primary N) is 1. The first-order chi connectivity index (χ1) is 10.2. The number of rotatable bonds is 3. The minimum Gasteiger partial charge on any atom is -0.271 e. The smallest absolute Gasteiger partial charge is 0.137 e. The largest absolute Gasteiger partial charge is 0.271 e. The van der Waals surface area contributed by atoms with Crippen LogP contribution in [-0.4, -0.2) is 0 Å². The summed E-state index contributed by atoms with van der Waals surface area (Å²) in [4.78, 5) is 0. The van der Waals surface area contributed by atoms with Gasteiger partial charge < -0.3 is 0 Å². The van der Waals surface area contributed by atoms with Gasteiger partial charge >= 0.3 is 0 Å². The topological polar surface area (TPSA) is 38.0 Å². The molecule has 2 nitrogen and oxygen atoms in total. The molecule has 0 radical (unpaired) electrons. The number of benzene rings is 3. The van der Waals surface area contributed by atoms with Crippen molar-refractivity contribution in [3.8, 4) is 0 Å². The minimum absolute atomic E-state index is 0.291. The minimum atomic E-state index is -0.298. The van der Waals surface area contributed by atoms with E-state index < -0.39 is 0 Å². The van der Waals surface area contributed by atoms with E-state index in [2.05, 4.69) is 21.4 Å². The molecule has 0 bridgehead atoms. The average Bonchev–Trinajstić information content (AvgIpc) is 2.52. The molecule has 4 heteroatoms.